The fourth-order valence-electron chi connectivity index (χ4n) is 4.45. The van der Waals surface area contributed by atoms with E-state index in [1.54, 1.807) is 11.0 Å². The monoisotopic (exact) mass is 393 g/mol. The van der Waals surface area contributed by atoms with Crippen LogP contribution in [-0.4, -0.2) is 39.2 Å². The third-order valence-corrected chi connectivity index (χ3v) is 5.72. The summed E-state index contributed by atoms with van der Waals surface area (Å²) in [5, 5.41) is 23.3. The van der Waals surface area contributed by atoms with Gasteiger partial charge in [-0.15, -0.1) is 0 Å². The highest BCUT2D eigenvalue weighted by Crippen LogP contribution is 2.44. The predicted octanol–water partition coefficient (Wildman–Crippen LogP) is 3.13. The zero-order chi connectivity index (χ0) is 20.4. The molecule has 0 aliphatic carbocycles. The summed E-state index contributed by atoms with van der Waals surface area (Å²) in [5.41, 5.74) is 2.37. The lowest BCUT2D eigenvalue weighted by Crippen LogP contribution is -2.51. The average molecular weight is 393 g/mol. The van der Waals surface area contributed by atoms with E-state index in [1.807, 2.05) is 30.1 Å². The number of rotatable bonds is 2. The lowest BCUT2D eigenvalue weighted by molar-refractivity contribution is -0.393. The molecule has 3 aromatic rings. The van der Waals surface area contributed by atoms with Crippen molar-refractivity contribution in [1.82, 2.24) is 9.88 Å². The van der Waals surface area contributed by atoms with Gasteiger partial charge in [0.15, 0.2) is 0 Å². The lowest BCUT2D eigenvalue weighted by Gasteiger charge is -2.46. The second-order valence-electron chi connectivity index (χ2n) is 7.17. The fourth-order valence-corrected chi connectivity index (χ4v) is 4.45. The van der Waals surface area contributed by atoms with Gasteiger partial charge in [0.2, 0.25) is 0 Å². The number of nitrogens with zero attached hydrogens (tertiary/aromatic N) is 4. The summed E-state index contributed by atoms with van der Waals surface area (Å²) in [6, 6.07) is 9.63. The maximum Gasteiger partial charge on any atom is 0.300 e. The van der Waals surface area contributed by atoms with E-state index in [1.165, 1.54) is 6.07 Å². The number of H-pyrrole nitrogens is 1. The highest BCUT2D eigenvalue weighted by atomic mass is 16.6. The normalized spacial score (nSPS) is 17.7. The first-order valence-electron chi connectivity index (χ1n) is 8.98. The van der Waals surface area contributed by atoms with Gasteiger partial charge in [0, 0.05) is 25.0 Å². The number of nitrogens with one attached hydrogen (secondary N) is 1. The van der Waals surface area contributed by atoms with Crippen molar-refractivity contribution in [3.63, 3.8) is 0 Å². The molecule has 0 saturated heterocycles. The molecule has 0 fully saturated rings. The van der Waals surface area contributed by atoms with Gasteiger partial charge in [0.25, 0.3) is 17.3 Å². The van der Waals surface area contributed by atoms with Crippen LogP contribution in [0.15, 0.2) is 36.4 Å². The van der Waals surface area contributed by atoms with Crippen molar-refractivity contribution in [3.8, 4) is 0 Å². The van der Waals surface area contributed by atoms with Gasteiger partial charge in [0.1, 0.15) is 11.7 Å². The Labute approximate surface area is 163 Å². The Kier molecular flexibility index (Phi) is 3.42. The first kappa shape index (κ1) is 17.2. The molecule has 1 amide bonds. The first-order valence-corrected chi connectivity index (χ1v) is 8.98. The van der Waals surface area contributed by atoms with Gasteiger partial charge in [-0.2, -0.15) is 0 Å². The quantitative estimate of drug-likeness (QED) is 0.527. The number of carbonyl (C=O) groups excluding carboxylic acids is 1. The molecule has 0 radical (unpaired) electrons. The molecule has 1 atom stereocenters. The number of benzene rings is 2. The van der Waals surface area contributed by atoms with E-state index in [4.69, 9.17) is 0 Å². The number of amides is 1. The number of hydrogen-bond donors (Lipinski definition) is 1. The van der Waals surface area contributed by atoms with Crippen molar-refractivity contribution >= 4 is 33.9 Å². The number of nitro groups is 2. The predicted molar refractivity (Wildman–Crippen MR) is 104 cm³/mol. The number of nitro benzene ring substituents is 2. The van der Waals surface area contributed by atoms with E-state index in [9.17, 15) is 25.0 Å². The Morgan fingerprint density at radius 1 is 1.14 bits per heavy atom. The molecule has 3 heterocycles. The zero-order valence-electron chi connectivity index (χ0n) is 15.3. The van der Waals surface area contributed by atoms with Crippen molar-refractivity contribution in [2.45, 2.75) is 12.6 Å². The third-order valence-electron chi connectivity index (χ3n) is 5.72. The van der Waals surface area contributed by atoms with E-state index < -0.39 is 16.0 Å². The van der Waals surface area contributed by atoms with E-state index >= 15 is 0 Å². The topological polar surface area (TPSA) is 126 Å². The van der Waals surface area contributed by atoms with Crippen LogP contribution in [0.1, 0.15) is 27.8 Å². The molecule has 0 saturated carbocycles. The Hall–Kier alpha value is -3.95. The molecule has 2 aliphatic heterocycles. The summed E-state index contributed by atoms with van der Waals surface area (Å²) in [4.78, 5) is 41.4. The number of carbonyl (C=O) groups is 1. The van der Waals surface area contributed by atoms with E-state index in [0.29, 0.717) is 29.6 Å². The van der Waals surface area contributed by atoms with E-state index in [-0.39, 0.29) is 22.8 Å². The Morgan fingerprint density at radius 3 is 2.62 bits per heavy atom. The van der Waals surface area contributed by atoms with Gasteiger partial charge in [-0.1, -0.05) is 12.1 Å². The van der Waals surface area contributed by atoms with Gasteiger partial charge in [-0.3, -0.25) is 25.0 Å². The van der Waals surface area contributed by atoms with Crippen LogP contribution < -0.4 is 4.90 Å². The molecule has 10 heteroatoms. The highest BCUT2D eigenvalue weighted by Gasteiger charge is 2.42. The van der Waals surface area contributed by atoms with Crippen LogP contribution in [0.2, 0.25) is 0 Å². The van der Waals surface area contributed by atoms with E-state index in [0.717, 1.165) is 17.3 Å². The lowest BCUT2D eigenvalue weighted by atomic mass is 9.96. The average Bonchev–Trinajstić information content (AvgIpc) is 3.09. The summed E-state index contributed by atoms with van der Waals surface area (Å²) in [7, 11) is 1.86. The molecule has 5 rings (SSSR count). The number of aromatic amines is 1. The maximum atomic E-state index is 13.0. The van der Waals surface area contributed by atoms with Gasteiger partial charge in [-0.05, 0) is 24.1 Å². The Balaban J connectivity index is 1.76. The summed E-state index contributed by atoms with van der Waals surface area (Å²) >= 11 is 0. The molecule has 1 N–H and O–H groups in total. The molecule has 0 spiro atoms. The second kappa shape index (κ2) is 5.77. The van der Waals surface area contributed by atoms with Crippen LogP contribution >= 0.6 is 0 Å². The van der Waals surface area contributed by atoms with Crippen LogP contribution in [0.3, 0.4) is 0 Å². The molecule has 1 aromatic heterocycles. The number of fused-ring (bicyclic) bond motifs is 6. The minimum Gasteiger partial charge on any atom is -0.349 e. The van der Waals surface area contributed by atoms with Crippen molar-refractivity contribution in [1.29, 1.82) is 0 Å². The highest BCUT2D eigenvalue weighted by molar-refractivity contribution is 6.03. The summed E-state index contributed by atoms with van der Waals surface area (Å²) in [6.45, 7) is 0.415. The second-order valence-corrected chi connectivity index (χ2v) is 7.17. The largest absolute Gasteiger partial charge is 0.349 e. The molecular formula is C19H15N5O5. The molecule has 0 bridgehead atoms. The number of hydrogen-bond acceptors (Lipinski definition) is 6. The first-order chi connectivity index (χ1) is 13.9. The molecule has 2 aromatic carbocycles. The van der Waals surface area contributed by atoms with Crippen molar-refractivity contribution in [2.24, 2.45) is 0 Å². The smallest absolute Gasteiger partial charge is 0.300 e. The van der Waals surface area contributed by atoms with Gasteiger partial charge in [-0.25, -0.2) is 0 Å². The molecule has 10 nitrogen and oxygen atoms in total. The van der Waals surface area contributed by atoms with Crippen molar-refractivity contribution in [2.75, 3.05) is 18.5 Å². The Morgan fingerprint density at radius 2 is 1.90 bits per heavy atom. The number of non-ortho nitro benzene ring substituents is 2. The number of aromatic nitrogens is 1. The number of para-hydroxylation sites is 1. The number of anilines is 1. The summed E-state index contributed by atoms with van der Waals surface area (Å²) < 4.78 is 0. The van der Waals surface area contributed by atoms with E-state index in [2.05, 4.69) is 4.98 Å². The molecule has 29 heavy (non-hydrogen) atoms. The minimum absolute atomic E-state index is 0.103. The van der Waals surface area contributed by atoms with Crippen LogP contribution in [0, 0.1) is 20.2 Å². The maximum absolute atomic E-state index is 13.0. The van der Waals surface area contributed by atoms with Crippen LogP contribution in [-0.2, 0) is 6.42 Å². The molecular weight excluding hydrogens is 378 g/mol. The third kappa shape index (κ3) is 2.25. The van der Waals surface area contributed by atoms with Crippen LogP contribution in [0.25, 0.3) is 10.9 Å². The Bertz CT molecular complexity index is 1230. The fraction of sp³-hybridized carbons (Fsp3) is 0.211. The summed E-state index contributed by atoms with van der Waals surface area (Å²) in [5.74, 6) is -0.103. The molecule has 1 unspecified atom stereocenters. The van der Waals surface area contributed by atoms with Gasteiger partial charge in [0.05, 0.1) is 32.9 Å². The molecule has 2 aliphatic rings. The standard InChI is InChI=1S/C19H15N5O5/c1-21-14-5-3-2-4-12(14)19(25)22-7-6-11-13-8-10(23(26)27)9-15(24(28)29)16(13)20-17(11)18(21)22/h2-5,8-9,18,20H,6-7H2,1H3. The summed E-state index contributed by atoms with van der Waals surface area (Å²) in [6.07, 6.45) is -0.0152. The van der Waals surface area contributed by atoms with Crippen LogP contribution in [0.5, 0.6) is 0 Å². The minimum atomic E-state index is -0.631. The van der Waals surface area contributed by atoms with Gasteiger partial charge >= 0.3 is 0 Å². The van der Waals surface area contributed by atoms with Gasteiger partial charge < -0.3 is 14.8 Å². The van der Waals surface area contributed by atoms with Crippen molar-refractivity contribution in [3.05, 3.63) is 73.4 Å². The van der Waals surface area contributed by atoms with Crippen molar-refractivity contribution < 1.29 is 14.6 Å². The SMILES string of the molecule is CN1c2ccccc2C(=O)N2CCc3c([nH]c4c([N+](=O)[O-])cc([N+](=O)[O-])cc34)C21. The molecule has 146 valence electrons. The van der Waals surface area contributed by atoms with Crippen LogP contribution in [0.4, 0.5) is 17.1 Å². The zero-order valence-corrected chi connectivity index (χ0v) is 15.3.